The standard InChI is InChI=1S/C13H13BrN2O2S/c1-9-2-3-10(4-13(9)16(17)18)6-15-7-12-5-11(14)8-19-12/h2-5,8,15H,6-7H2,1H3. The monoisotopic (exact) mass is 340 g/mol. The molecule has 0 aliphatic heterocycles. The maximum atomic E-state index is 10.9. The molecule has 0 atom stereocenters. The third-order valence-corrected chi connectivity index (χ3v) is 4.42. The van der Waals surface area contributed by atoms with E-state index in [9.17, 15) is 10.1 Å². The number of halogens is 1. The second-order valence-corrected chi connectivity index (χ2v) is 6.12. The maximum Gasteiger partial charge on any atom is 0.272 e. The van der Waals surface area contributed by atoms with Crippen molar-refractivity contribution in [3.8, 4) is 0 Å². The highest BCUT2D eigenvalue weighted by Crippen LogP contribution is 2.21. The largest absolute Gasteiger partial charge is 0.308 e. The van der Waals surface area contributed by atoms with Crippen LogP contribution in [0, 0.1) is 17.0 Å². The first-order valence-electron chi connectivity index (χ1n) is 5.74. The van der Waals surface area contributed by atoms with Gasteiger partial charge in [-0.1, -0.05) is 12.1 Å². The number of nitrogens with zero attached hydrogens (tertiary/aromatic N) is 1. The first-order chi connectivity index (χ1) is 9.06. The molecule has 0 aliphatic rings. The topological polar surface area (TPSA) is 55.2 Å². The lowest BCUT2D eigenvalue weighted by molar-refractivity contribution is -0.385. The highest BCUT2D eigenvalue weighted by molar-refractivity contribution is 9.10. The number of thiophene rings is 1. The van der Waals surface area contributed by atoms with Gasteiger partial charge in [-0.3, -0.25) is 10.1 Å². The van der Waals surface area contributed by atoms with Gasteiger partial charge in [0.15, 0.2) is 0 Å². The Bertz CT molecular complexity index is 598. The average molecular weight is 341 g/mol. The molecule has 0 unspecified atom stereocenters. The Morgan fingerprint density at radius 1 is 1.37 bits per heavy atom. The summed E-state index contributed by atoms with van der Waals surface area (Å²) in [5, 5.41) is 16.2. The van der Waals surface area contributed by atoms with Crippen molar-refractivity contribution < 1.29 is 4.92 Å². The van der Waals surface area contributed by atoms with E-state index in [1.165, 1.54) is 4.88 Å². The highest BCUT2D eigenvalue weighted by Gasteiger charge is 2.10. The molecule has 0 amide bonds. The van der Waals surface area contributed by atoms with Gasteiger partial charge in [-0.25, -0.2) is 0 Å². The lowest BCUT2D eigenvalue weighted by Gasteiger charge is -2.04. The van der Waals surface area contributed by atoms with Gasteiger partial charge in [0.05, 0.1) is 4.92 Å². The predicted octanol–water partition coefficient (Wildman–Crippen LogP) is 4.02. The molecule has 4 nitrogen and oxygen atoms in total. The molecule has 0 saturated carbocycles. The van der Waals surface area contributed by atoms with E-state index in [1.54, 1.807) is 30.4 Å². The zero-order chi connectivity index (χ0) is 13.8. The van der Waals surface area contributed by atoms with Gasteiger partial charge < -0.3 is 5.32 Å². The Balaban J connectivity index is 1.96. The summed E-state index contributed by atoms with van der Waals surface area (Å²) in [4.78, 5) is 11.7. The molecule has 0 spiro atoms. The van der Waals surface area contributed by atoms with Gasteiger partial charge in [-0.2, -0.15) is 0 Å². The number of aryl methyl sites for hydroxylation is 1. The van der Waals surface area contributed by atoms with E-state index in [0.717, 1.165) is 16.6 Å². The van der Waals surface area contributed by atoms with Gasteiger partial charge in [0.2, 0.25) is 0 Å². The Morgan fingerprint density at radius 2 is 2.16 bits per heavy atom. The summed E-state index contributed by atoms with van der Waals surface area (Å²) in [6.45, 7) is 3.13. The van der Waals surface area contributed by atoms with Crippen LogP contribution >= 0.6 is 27.3 Å². The minimum atomic E-state index is -0.338. The van der Waals surface area contributed by atoms with Crippen molar-refractivity contribution in [2.24, 2.45) is 0 Å². The molecule has 0 radical (unpaired) electrons. The molecule has 1 aromatic carbocycles. The smallest absolute Gasteiger partial charge is 0.272 e. The normalized spacial score (nSPS) is 10.6. The van der Waals surface area contributed by atoms with E-state index in [0.29, 0.717) is 12.1 Å². The van der Waals surface area contributed by atoms with E-state index in [4.69, 9.17) is 0 Å². The van der Waals surface area contributed by atoms with Gasteiger partial charge >= 0.3 is 0 Å². The number of nitrogens with one attached hydrogen (secondary N) is 1. The van der Waals surface area contributed by atoms with Crippen molar-refractivity contribution in [3.05, 3.63) is 60.2 Å². The van der Waals surface area contributed by atoms with Crippen LogP contribution in [0.3, 0.4) is 0 Å². The van der Waals surface area contributed by atoms with Crippen LogP contribution in [0.4, 0.5) is 5.69 Å². The van der Waals surface area contributed by atoms with E-state index in [2.05, 4.69) is 27.3 Å². The summed E-state index contributed by atoms with van der Waals surface area (Å²) in [6.07, 6.45) is 0. The number of rotatable bonds is 5. The summed E-state index contributed by atoms with van der Waals surface area (Å²) in [7, 11) is 0. The number of benzene rings is 1. The van der Waals surface area contributed by atoms with E-state index in [1.807, 2.05) is 11.4 Å². The minimum absolute atomic E-state index is 0.179. The summed E-state index contributed by atoms with van der Waals surface area (Å²) in [6, 6.07) is 7.40. The quantitative estimate of drug-likeness (QED) is 0.660. The van der Waals surface area contributed by atoms with Gasteiger partial charge in [0, 0.05) is 39.4 Å². The summed E-state index contributed by atoms with van der Waals surface area (Å²) in [5.74, 6) is 0. The van der Waals surface area contributed by atoms with Crippen LogP contribution in [0.15, 0.2) is 34.1 Å². The van der Waals surface area contributed by atoms with Crippen molar-refractivity contribution in [1.82, 2.24) is 5.32 Å². The molecule has 1 heterocycles. The van der Waals surface area contributed by atoms with Gasteiger partial charge in [-0.15, -0.1) is 11.3 Å². The Kier molecular flexibility index (Phi) is 4.68. The molecule has 2 aromatic rings. The fourth-order valence-corrected chi connectivity index (χ4v) is 3.16. The molecule has 0 bridgehead atoms. The fourth-order valence-electron chi connectivity index (χ4n) is 1.74. The summed E-state index contributed by atoms with van der Waals surface area (Å²) >= 11 is 5.09. The Morgan fingerprint density at radius 3 is 2.79 bits per heavy atom. The van der Waals surface area contributed by atoms with Crippen molar-refractivity contribution >= 4 is 33.0 Å². The van der Waals surface area contributed by atoms with Crippen molar-refractivity contribution in [2.75, 3.05) is 0 Å². The lowest BCUT2D eigenvalue weighted by atomic mass is 10.1. The second kappa shape index (κ2) is 6.27. The minimum Gasteiger partial charge on any atom is -0.308 e. The van der Waals surface area contributed by atoms with E-state index >= 15 is 0 Å². The third kappa shape index (κ3) is 3.86. The van der Waals surface area contributed by atoms with Crippen LogP contribution in [-0.4, -0.2) is 4.92 Å². The van der Waals surface area contributed by atoms with Crippen LogP contribution in [0.5, 0.6) is 0 Å². The first-order valence-corrected chi connectivity index (χ1v) is 7.41. The van der Waals surface area contributed by atoms with Gasteiger partial charge in [0.25, 0.3) is 5.69 Å². The Labute approximate surface area is 123 Å². The van der Waals surface area contributed by atoms with Crippen LogP contribution < -0.4 is 5.32 Å². The molecule has 1 aromatic heterocycles. The predicted molar refractivity (Wildman–Crippen MR) is 80.4 cm³/mol. The highest BCUT2D eigenvalue weighted by atomic mass is 79.9. The fraction of sp³-hybridized carbons (Fsp3) is 0.231. The zero-order valence-corrected chi connectivity index (χ0v) is 12.8. The summed E-state index contributed by atoms with van der Waals surface area (Å²) in [5.41, 5.74) is 1.79. The van der Waals surface area contributed by atoms with Crippen molar-refractivity contribution in [2.45, 2.75) is 20.0 Å². The SMILES string of the molecule is Cc1ccc(CNCc2cc(Br)cs2)cc1[N+](=O)[O-]. The molecular weight excluding hydrogens is 328 g/mol. The lowest BCUT2D eigenvalue weighted by Crippen LogP contribution is -2.12. The Hall–Kier alpha value is -1.24. The van der Waals surface area contributed by atoms with Crippen LogP contribution in [-0.2, 0) is 13.1 Å². The maximum absolute atomic E-state index is 10.9. The molecule has 6 heteroatoms. The number of hydrogen-bond acceptors (Lipinski definition) is 4. The number of nitro groups is 1. The molecule has 0 fully saturated rings. The summed E-state index contributed by atoms with van der Waals surface area (Å²) < 4.78 is 1.08. The second-order valence-electron chi connectivity index (χ2n) is 4.21. The zero-order valence-electron chi connectivity index (χ0n) is 10.4. The molecule has 19 heavy (non-hydrogen) atoms. The van der Waals surface area contributed by atoms with Crippen molar-refractivity contribution in [3.63, 3.8) is 0 Å². The van der Waals surface area contributed by atoms with Gasteiger partial charge in [-0.05, 0) is 34.5 Å². The van der Waals surface area contributed by atoms with Crippen LogP contribution in [0.25, 0.3) is 0 Å². The molecule has 1 N–H and O–H groups in total. The van der Waals surface area contributed by atoms with Crippen molar-refractivity contribution in [1.29, 1.82) is 0 Å². The molecule has 0 saturated heterocycles. The van der Waals surface area contributed by atoms with Crippen LogP contribution in [0.1, 0.15) is 16.0 Å². The molecular formula is C13H13BrN2O2S. The first kappa shape index (κ1) is 14.2. The van der Waals surface area contributed by atoms with E-state index < -0.39 is 0 Å². The molecule has 0 aliphatic carbocycles. The van der Waals surface area contributed by atoms with Crippen LogP contribution in [0.2, 0.25) is 0 Å². The van der Waals surface area contributed by atoms with E-state index in [-0.39, 0.29) is 10.6 Å². The molecule has 2 rings (SSSR count). The molecule has 100 valence electrons. The number of nitro benzene ring substituents is 1. The third-order valence-electron chi connectivity index (χ3n) is 2.72. The average Bonchev–Trinajstić information content (AvgIpc) is 2.77. The van der Waals surface area contributed by atoms with Gasteiger partial charge in [0.1, 0.15) is 0 Å². The number of hydrogen-bond donors (Lipinski definition) is 1.